The molecule has 2 aliphatic heterocycles. The molecular weight excluding hydrogens is 374 g/mol. The average molecular weight is 389 g/mol. The average Bonchev–Trinajstić information content (AvgIpc) is 3.09. The predicted molar refractivity (Wildman–Crippen MR) is 85.8 cm³/mol. The Bertz CT molecular complexity index is 808. The van der Waals surface area contributed by atoms with E-state index in [2.05, 4.69) is 14.3 Å². The van der Waals surface area contributed by atoms with Crippen LogP contribution in [0.4, 0.5) is 4.79 Å². The van der Waals surface area contributed by atoms with Crippen molar-refractivity contribution in [3.8, 4) is 0 Å². The summed E-state index contributed by atoms with van der Waals surface area (Å²) < 4.78 is 34.8. The molecule has 1 aromatic heterocycles. The molecule has 25 heavy (non-hydrogen) atoms. The summed E-state index contributed by atoms with van der Waals surface area (Å²) in [6.07, 6.45) is 0.783. The number of carbonyl (C=O) groups excluding carboxylic acids is 2. The zero-order chi connectivity index (χ0) is 18.2. The first-order chi connectivity index (χ1) is 11.7. The highest BCUT2D eigenvalue weighted by Gasteiger charge is 2.48. The lowest BCUT2D eigenvalue weighted by Gasteiger charge is -2.29. The van der Waals surface area contributed by atoms with Crippen LogP contribution in [0.15, 0.2) is 15.9 Å². The lowest BCUT2D eigenvalue weighted by Crippen LogP contribution is -2.48. The molecule has 2 bridgehead atoms. The van der Waals surface area contributed by atoms with Gasteiger partial charge in [-0.25, -0.2) is 9.78 Å². The van der Waals surface area contributed by atoms with Crippen molar-refractivity contribution < 1.29 is 26.8 Å². The topological polar surface area (TPSA) is 155 Å². The molecule has 2 atom stereocenters. The van der Waals surface area contributed by atoms with Crippen LogP contribution in [-0.4, -0.2) is 64.3 Å². The number of rotatable bonds is 5. The minimum absolute atomic E-state index is 0.00544. The Balaban J connectivity index is 1.70. The molecule has 2 aliphatic rings. The first-order valence-corrected chi connectivity index (χ1v) is 9.56. The third-order valence-electron chi connectivity index (χ3n) is 3.91. The van der Waals surface area contributed by atoms with E-state index in [9.17, 15) is 18.0 Å². The number of hydroxylamine groups is 2. The molecule has 13 heteroatoms. The monoisotopic (exact) mass is 389 g/mol. The van der Waals surface area contributed by atoms with E-state index in [0.29, 0.717) is 23.6 Å². The van der Waals surface area contributed by atoms with Crippen molar-refractivity contribution in [1.82, 2.24) is 14.9 Å². The zero-order valence-electron chi connectivity index (χ0n) is 12.8. The Morgan fingerprint density at radius 1 is 1.52 bits per heavy atom. The minimum Gasteiger partial charge on any atom is -0.385 e. The fourth-order valence-corrected chi connectivity index (χ4v) is 3.82. The van der Waals surface area contributed by atoms with Crippen molar-refractivity contribution in [1.29, 1.82) is 0 Å². The van der Waals surface area contributed by atoms with Crippen LogP contribution in [0.3, 0.4) is 0 Å². The van der Waals surface area contributed by atoms with E-state index in [4.69, 9.17) is 10.3 Å². The van der Waals surface area contributed by atoms with E-state index in [1.165, 1.54) is 16.2 Å². The number of nitrogens with two attached hydrogens (primary N) is 1. The first-order valence-electron chi connectivity index (χ1n) is 7.25. The maximum absolute atomic E-state index is 12.3. The number of carbonyl (C=O) groups is 2. The van der Waals surface area contributed by atoms with E-state index in [1.54, 1.807) is 10.9 Å². The van der Waals surface area contributed by atoms with Crippen molar-refractivity contribution in [2.75, 3.05) is 6.54 Å². The summed E-state index contributed by atoms with van der Waals surface area (Å²) >= 11 is 1.36. The first kappa shape index (κ1) is 17.7. The van der Waals surface area contributed by atoms with Crippen LogP contribution < -0.4 is 5.73 Å². The second-order valence-corrected chi connectivity index (χ2v) is 7.32. The molecule has 1 aromatic rings. The Kier molecular flexibility index (Phi) is 4.73. The number of aromatic nitrogens is 1. The summed E-state index contributed by atoms with van der Waals surface area (Å²) in [4.78, 5) is 33.3. The number of fused-ring (bicyclic) bond motifs is 2. The zero-order valence-corrected chi connectivity index (χ0v) is 14.4. The van der Waals surface area contributed by atoms with Gasteiger partial charge in [-0.05, 0) is 12.8 Å². The Morgan fingerprint density at radius 3 is 2.92 bits per heavy atom. The second kappa shape index (κ2) is 6.67. The molecule has 2 fully saturated rings. The van der Waals surface area contributed by atoms with Gasteiger partial charge in [0.2, 0.25) is 0 Å². The highest BCUT2D eigenvalue weighted by atomic mass is 32.3. The van der Waals surface area contributed by atoms with Gasteiger partial charge in [-0.2, -0.15) is 18.5 Å². The molecule has 2 unspecified atom stereocenters. The quantitative estimate of drug-likeness (QED) is 0.390. The predicted octanol–water partition coefficient (Wildman–Crippen LogP) is -0.428. The van der Waals surface area contributed by atoms with Crippen LogP contribution in [0.2, 0.25) is 0 Å². The SMILES string of the molecule is NC(=NC(=O)Cc1cscn1)C1CCC2CN1C(=O)N2OS(=O)(=O)O. The highest BCUT2D eigenvalue weighted by molar-refractivity contribution is 7.80. The number of aliphatic imine (C=N–C) groups is 1. The molecule has 3 heterocycles. The molecule has 0 aliphatic carbocycles. The Hall–Kier alpha value is -2.09. The molecule has 0 saturated carbocycles. The number of hydrogen-bond donors (Lipinski definition) is 2. The van der Waals surface area contributed by atoms with E-state index >= 15 is 0 Å². The summed E-state index contributed by atoms with van der Waals surface area (Å²) in [7, 11) is -4.81. The number of amidine groups is 1. The van der Waals surface area contributed by atoms with Gasteiger partial charge < -0.3 is 10.6 Å². The molecule has 3 N–H and O–H groups in total. The molecule has 0 radical (unpaired) electrons. The maximum atomic E-state index is 12.3. The van der Waals surface area contributed by atoms with Crippen LogP contribution in [0, 0.1) is 0 Å². The van der Waals surface area contributed by atoms with Gasteiger partial charge in [0, 0.05) is 11.9 Å². The largest absolute Gasteiger partial charge is 0.418 e. The van der Waals surface area contributed by atoms with Crippen LogP contribution in [0.1, 0.15) is 18.5 Å². The van der Waals surface area contributed by atoms with E-state index in [1.807, 2.05) is 0 Å². The van der Waals surface area contributed by atoms with Crippen molar-refractivity contribution in [2.45, 2.75) is 31.3 Å². The van der Waals surface area contributed by atoms with Crippen molar-refractivity contribution >= 4 is 39.5 Å². The van der Waals surface area contributed by atoms with Gasteiger partial charge in [0.25, 0.3) is 5.91 Å². The normalized spacial score (nSPS) is 24.0. The van der Waals surface area contributed by atoms with Gasteiger partial charge in [-0.3, -0.25) is 9.35 Å². The molecule has 3 amide bonds. The van der Waals surface area contributed by atoms with Gasteiger partial charge in [0.05, 0.1) is 29.7 Å². The van der Waals surface area contributed by atoms with Gasteiger partial charge in [-0.1, -0.05) is 0 Å². The van der Waals surface area contributed by atoms with Gasteiger partial charge in [0.15, 0.2) is 0 Å². The molecule has 2 saturated heterocycles. The standard InChI is InChI=1S/C12H15N5O6S2/c13-11(15-10(18)3-7-5-24-6-14-7)9-2-1-8-4-16(9)12(19)17(8)23-25(20,21)22/h5-6,8-9H,1-4H2,(H2,13,15,18)(H,20,21,22). The second-order valence-electron chi connectivity index (χ2n) is 5.60. The molecule has 136 valence electrons. The number of piperidine rings is 1. The van der Waals surface area contributed by atoms with Crippen molar-refractivity contribution in [2.24, 2.45) is 10.7 Å². The van der Waals surface area contributed by atoms with Gasteiger partial charge in [-0.15, -0.1) is 15.6 Å². The van der Waals surface area contributed by atoms with Crippen molar-refractivity contribution in [3.05, 3.63) is 16.6 Å². The number of urea groups is 1. The Labute approximate surface area is 147 Å². The van der Waals surface area contributed by atoms with Gasteiger partial charge in [0.1, 0.15) is 5.84 Å². The van der Waals surface area contributed by atoms with Crippen LogP contribution >= 0.6 is 11.3 Å². The molecular formula is C12H15N5O6S2. The summed E-state index contributed by atoms with van der Waals surface area (Å²) in [5.41, 5.74) is 8.07. The summed E-state index contributed by atoms with van der Waals surface area (Å²) in [5.74, 6) is -0.510. The molecule has 3 rings (SSSR count). The number of hydrogen-bond acceptors (Lipinski definition) is 7. The number of amides is 3. The van der Waals surface area contributed by atoms with E-state index in [0.717, 1.165) is 0 Å². The van der Waals surface area contributed by atoms with Crippen LogP contribution in [-0.2, 0) is 25.9 Å². The minimum atomic E-state index is -4.81. The van der Waals surface area contributed by atoms with Crippen LogP contribution in [0.25, 0.3) is 0 Å². The fraction of sp³-hybridized carbons (Fsp3) is 0.500. The lowest BCUT2D eigenvalue weighted by molar-refractivity contribution is -0.117. The smallest absolute Gasteiger partial charge is 0.385 e. The Morgan fingerprint density at radius 2 is 2.28 bits per heavy atom. The molecule has 0 spiro atoms. The third kappa shape index (κ3) is 3.95. The summed E-state index contributed by atoms with van der Waals surface area (Å²) in [6, 6.07) is -1.92. The third-order valence-corrected chi connectivity index (χ3v) is 4.89. The number of nitrogens with zero attached hydrogens (tertiary/aromatic N) is 4. The summed E-state index contributed by atoms with van der Waals surface area (Å²) in [5, 5.41) is 2.34. The lowest BCUT2D eigenvalue weighted by atomic mass is 10.0. The maximum Gasteiger partial charge on any atom is 0.418 e. The highest BCUT2D eigenvalue weighted by Crippen LogP contribution is 2.30. The summed E-state index contributed by atoms with van der Waals surface area (Å²) in [6.45, 7) is 0.162. The van der Waals surface area contributed by atoms with E-state index < -0.39 is 34.4 Å². The number of thiazole rings is 1. The van der Waals surface area contributed by atoms with Gasteiger partial charge >= 0.3 is 16.4 Å². The fourth-order valence-electron chi connectivity index (χ4n) is 2.88. The molecule has 11 nitrogen and oxygen atoms in total. The molecule has 0 aromatic carbocycles. The van der Waals surface area contributed by atoms with Crippen LogP contribution in [0.5, 0.6) is 0 Å². The van der Waals surface area contributed by atoms with E-state index in [-0.39, 0.29) is 18.8 Å². The van der Waals surface area contributed by atoms with Crippen molar-refractivity contribution in [3.63, 3.8) is 0 Å².